The van der Waals surface area contributed by atoms with Gasteiger partial charge in [-0.05, 0) is 27.2 Å². The zero-order chi connectivity index (χ0) is 17.6. The normalized spacial score (nSPS) is 13.1. The quantitative estimate of drug-likeness (QED) is 0.230. The Morgan fingerprint density at radius 2 is 1.26 bits per heavy atom. The largest absolute Gasteiger partial charge is 0.447 e. The van der Waals surface area contributed by atoms with Gasteiger partial charge in [-0.15, -0.1) is 0 Å². The SMILES string of the molecule is CCCCCCCCCCCCCCC(C)(C)C(=O)OC(C)N. The average Bonchev–Trinajstić information content (AvgIpc) is 2.47. The summed E-state index contributed by atoms with van der Waals surface area (Å²) in [5.74, 6) is -0.171. The third kappa shape index (κ3) is 13.6. The van der Waals surface area contributed by atoms with Crippen molar-refractivity contribution in [2.45, 2.75) is 117 Å². The number of hydrogen-bond donors (Lipinski definition) is 1. The number of ether oxygens (including phenoxy) is 1. The summed E-state index contributed by atoms with van der Waals surface area (Å²) < 4.78 is 5.11. The highest BCUT2D eigenvalue weighted by molar-refractivity contribution is 5.75. The van der Waals surface area contributed by atoms with E-state index in [1.807, 2.05) is 13.8 Å². The fraction of sp³-hybridized carbons (Fsp3) is 0.950. The third-order valence-electron chi connectivity index (χ3n) is 4.50. The number of hydrogen-bond acceptors (Lipinski definition) is 3. The van der Waals surface area contributed by atoms with Crippen LogP contribution in [0, 0.1) is 5.41 Å². The predicted molar refractivity (Wildman–Crippen MR) is 99.2 cm³/mol. The van der Waals surface area contributed by atoms with Crippen molar-refractivity contribution in [3.05, 3.63) is 0 Å². The van der Waals surface area contributed by atoms with Crippen LogP contribution in [0.4, 0.5) is 0 Å². The first kappa shape index (κ1) is 22.4. The summed E-state index contributed by atoms with van der Waals surface area (Å²) >= 11 is 0. The van der Waals surface area contributed by atoms with Gasteiger partial charge in [0.15, 0.2) is 0 Å². The van der Waals surface area contributed by atoms with Crippen LogP contribution in [-0.2, 0) is 9.53 Å². The lowest BCUT2D eigenvalue weighted by atomic mass is 9.87. The van der Waals surface area contributed by atoms with Gasteiger partial charge >= 0.3 is 5.97 Å². The molecule has 1 unspecified atom stereocenters. The molecule has 0 heterocycles. The fourth-order valence-electron chi connectivity index (χ4n) is 2.84. The van der Waals surface area contributed by atoms with E-state index in [0.717, 1.165) is 12.8 Å². The molecule has 0 fully saturated rings. The van der Waals surface area contributed by atoms with E-state index in [-0.39, 0.29) is 5.97 Å². The van der Waals surface area contributed by atoms with E-state index < -0.39 is 11.6 Å². The Bertz CT molecular complexity index is 287. The fourth-order valence-corrected chi connectivity index (χ4v) is 2.84. The number of carbonyl (C=O) groups excluding carboxylic acids is 1. The molecule has 0 aliphatic rings. The maximum atomic E-state index is 11.9. The highest BCUT2D eigenvalue weighted by Crippen LogP contribution is 2.26. The second-order valence-corrected chi connectivity index (χ2v) is 7.63. The lowest BCUT2D eigenvalue weighted by molar-refractivity contribution is -0.158. The summed E-state index contributed by atoms with van der Waals surface area (Å²) in [5.41, 5.74) is 5.10. The van der Waals surface area contributed by atoms with Crippen molar-refractivity contribution in [1.29, 1.82) is 0 Å². The van der Waals surface area contributed by atoms with Crippen LogP contribution in [0.15, 0.2) is 0 Å². The van der Waals surface area contributed by atoms with E-state index in [4.69, 9.17) is 10.5 Å². The minimum absolute atomic E-state index is 0.171. The first-order chi connectivity index (χ1) is 10.9. The molecule has 3 nitrogen and oxygen atoms in total. The van der Waals surface area contributed by atoms with Gasteiger partial charge in [-0.25, -0.2) is 0 Å². The van der Waals surface area contributed by atoms with Crippen molar-refractivity contribution in [2.24, 2.45) is 11.1 Å². The molecule has 0 spiro atoms. The molecule has 0 aliphatic carbocycles. The van der Waals surface area contributed by atoms with E-state index in [2.05, 4.69) is 6.92 Å². The van der Waals surface area contributed by atoms with Crippen LogP contribution in [-0.4, -0.2) is 12.2 Å². The van der Waals surface area contributed by atoms with Crippen LogP contribution in [0.1, 0.15) is 111 Å². The third-order valence-corrected chi connectivity index (χ3v) is 4.50. The summed E-state index contributed by atoms with van der Waals surface area (Å²) in [6, 6.07) is 0. The van der Waals surface area contributed by atoms with Crippen LogP contribution in [0.5, 0.6) is 0 Å². The molecule has 138 valence electrons. The molecule has 0 bridgehead atoms. The molecule has 23 heavy (non-hydrogen) atoms. The van der Waals surface area contributed by atoms with E-state index in [1.165, 1.54) is 70.6 Å². The van der Waals surface area contributed by atoms with Crippen LogP contribution in [0.25, 0.3) is 0 Å². The monoisotopic (exact) mass is 327 g/mol. The molecule has 3 heteroatoms. The lowest BCUT2D eigenvalue weighted by Crippen LogP contribution is -2.33. The summed E-state index contributed by atoms with van der Waals surface area (Å²) in [6.07, 6.45) is 16.4. The molecule has 0 rings (SSSR count). The van der Waals surface area contributed by atoms with Gasteiger partial charge in [0.1, 0.15) is 6.23 Å². The second-order valence-electron chi connectivity index (χ2n) is 7.63. The first-order valence-electron chi connectivity index (χ1n) is 9.87. The molecular formula is C20H41NO2. The Kier molecular flexibility index (Phi) is 13.5. The Balaban J connectivity index is 3.43. The Hall–Kier alpha value is -0.570. The van der Waals surface area contributed by atoms with E-state index in [0.29, 0.717) is 0 Å². The predicted octanol–water partition coefficient (Wildman–Crippen LogP) is 5.95. The number of carbonyl (C=O) groups is 1. The molecule has 0 saturated carbocycles. The summed E-state index contributed by atoms with van der Waals surface area (Å²) in [4.78, 5) is 11.9. The summed E-state index contributed by atoms with van der Waals surface area (Å²) in [7, 11) is 0. The number of rotatable bonds is 15. The van der Waals surface area contributed by atoms with Gasteiger partial charge in [0.05, 0.1) is 5.41 Å². The van der Waals surface area contributed by atoms with Crippen LogP contribution in [0.2, 0.25) is 0 Å². The Labute approximate surface area is 144 Å². The van der Waals surface area contributed by atoms with Crippen molar-refractivity contribution < 1.29 is 9.53 Å². The molecule has 0 radical (unpaired) electrons. The Morgan fingerprint density at radius 3 is 1.65 bits per heavy atom. The van der Waals surface area contributed by atoms with Gasteiger partial charge in [0, 0.05) is 0 Å². The molecule has 0 aliphatic heterocycles. The minimum Gasteiger partial charge on any atom is -0.447 e. The van der Waals surface area contributed by atoms with E-state index in [9.17, 15) is 4.79 Å². The number of unbranched alkanes of at least 4 members (excludes halogenated alkanes) is 11. The van der Waals surface area contributed by atoms with Crippen LogP contribution in [0.3, 0.4) is 0 Å². The average molecular weight is 328 g/mol. The van der Waals surface area contributed by atoms with Gasteiger partial charge in [0.25, 0.3) is 0 Å². The maximum Gasteiger partial charge on any atom is 0.313 e. The van der Waals surface area contributed by atoms with Gasteiger partial charge in [-0.2, -0.15) is 0 Å². The van der Waals surface area contributed by atoms with Gasteiger partial charge < -0.3 is 4.74 Å². The highest BCUT2D eigenvalue weighted by Gasteiger charge is 2.29. The topological polar surface area (TPSA) is 52.3 Å². The lowest BCUT2D eigenvalue weighted by Gasteiger charge is -2.23. The Morgan fingerprint density at radius 1 is 0.870 bits per heavy atom. The van der Waals surface area contributed by atoms with Crippen molar-refractivity contribution >= 4 is 5.97 Å². The summed E-state index contributed by atoms with van der Waals surface area (Å²) in [6.45, 7) is 7.87. The van der Waals surface area contributed by atoms with E-state index >= 15 is 0 Å². The van der Waals surface area contributed by atoms with E-state index in [1.54, 1.807) is 6.92 Å². The summed E-state index contributed by atoms with van der Waals surface area (Å²) in [5, 5.41) is 0. The van der Waals surface area contributed by atoms with Crippen molar-refractivity contribution in [3.8, 4) is 0 Å². The smallest absolute Gasteiger partial charge is 0.313 e. The van der Waals surface area contributed by atoms with Crippen LogP contribution >= 0.6 is 0 Å². The molecular weight excluding hydrogens is 286 g/mol. The molecule has 1 atom stereocenters. The molecule has 0 aromatic heterocycles. The van der Waals surface area contributed by atoms with Gasteiger partial charge in [-0.3, -0.25) is 10.5 Å². The zero-order valence-electron chi connectivity index (χ0n) is 16.2. The van der Waals surface area contributed by atoms with Crippen molar-refractivity contribution in [2.75, 3.05) is 0 Å². The minimum atomic E-state index is -0.510. The molecule has 0 aromatic carbocycles. The standard InChI is InChI=1S/C20H41NO2/c1-5-6-7-8-9-10-11-12-13-14-15-16-17-20(3,4)19(22)23-18(2)21/h18H,5-17,21H2,1-4H3. The van der Waals surface area contributed by atoms with Crippen molar-refractivity contribution in [3.63, 3.8) is 0 Å². The number of nitrogens with two attached hydrogens (primary N) is 1. The second kappa shape index (κ2) is 13.8. The zero-order valence-corrected chi connectivity index (χ0v) is 16.2. The molecule has 2 N–H and O–H groups in total. The first-order valence-corrected chi connectivity index (χ1v) is 9.87. The highest BCUT2D eigenvalue weighted by atomic mass is 16.6. The van der Waals surface area contributed by atoms with Crippen molar-refractivity contribution in [1.82, 2.24) is 0 Å². The molecule has 0 aromatic rings. The van der Waals surface area contributed by atoms with Crippen LogP contribution < -0.4 is 5.73 Å². The molecule has 0 amide bonds. The number of esters is 1. The van der Waals surface area contributed by atoms with Gasteiger partial charge in [-0.1, -0.05) is 84.0 Å². The van der Waals surface area contributed by atoms with Gasteiger partial charge in [0.2, 0.25) is 0 Å². The maximum absolute atomic E-state index is 11.9. The molecule has 0 saturated heterocycles.